The van der Waals surface area contributed by atoms with Gasteiger partial charge in [0, 0.05) is 48.0 Å². The van der Waals surface area contributed by atoms with Crippen LogP contribution in [0.2, 0.25) is 0 Å². The molecule has 1 aliphatic carbocycles. The lowest BCUT2D eigenvalue weighted by Gasteiger charge is -2.46. The van der Waals surface area contributed by atoms with E-state index in [-0.39, 0.29) is 18.0 Å². The largest absolute Gasteiger partial charge is 0.487 e. The van der Waals surface area contributed by atoms with Crippen LogP contribution in [0.15, 0.2) is 46.9 Å². The highest BCUT2D eigenvalue weighted by atomic mass is 79.9. The van der Waals surface area contributed by atoms with Crippen LogP contribution in [0, 0.1) is 0 Å². The number of carbonyl (C=O) groups is 2. The van der Waals surface area contributed by atoms with Gasteiger partial charge in [-0.3, -0.25) is 4.79 Å². The Kier molecular flexibility index (Phi) is 5.91. The first kappa shape index (κ1) is 22.0. The Hall–Kier alpha value is -2.80. The molecule has 0 aromatic heterocycles. The van der Waals surface area contributed by atoms with Gasteiger partial charge in [0.05, 0.1) is 12.6 Å². The van der Waals surface area contributed by atoms with E-state index < -0.39 is 5.60 Å². The number of benzene rings is 2. The van der Waals surface area contributed by atoms with Crippen LogP contribution in [0.5, 0.6) is 5.75 Å². The van der Waals surface area contributed by atoms with Crippen molar-refractivity contribution in [3.05, 3.63) is 69.2 Å². The average molecular weight is 511 g/mol. The number of hydrogen-bond donors (Lipinski definition) is 1. The number of rotatable bonds is 3. The standard InChI is InChI=1S/C26H27BrN2O4/c1-2-32-25(31)29-13-11-26(12-14-29)16-22(21-15-18(27)9-10-23(21)33-26)28-24(30)20-8-4-6-17-5-3-7-19(17)20/h3-4,6-10,15,22H,2,5,11-14,16H2,1H3,(H,28,30)/t22-/m0/s1. The SMILES string of the molecule is CCOC(=O)N1CCC2(CC1)C[C@H](NC(=O)c1cccc3c1C=CC3)c1cc(Br)ccc1O2. The molecule has 0 unspecified atom stereocenters. The summed E-state index contributed by atoms with van der Waals surface area (Å²) in [5, 5.41) is 3.30. The summed E-state index contributed by atoms with van der Waals surface area (Å²) in [6.45, 7) is 3.32. The Morgan fingerprint density at radius 3 is 2.85 bits per heavy atom. The number of piperidine rings is 1. The van der Waals surface area contributed by atoms with Gasteiger partial charge in [-0.15, -0.1) is 0 Å². The van der Waals surface area contributed by atoms with Crippen LogP contribution in [-0.4, -0.2) is 42.2 Å². The number of allylic oxidation sites excluding steroid dienone is 1. The highest BCUT2D eigenvalue weighted by Gasteiger charge is 2.44. The zero-order valence-corrected chi connectivity index (χ0v) is 20.2. The van der Waals surface area contributed by atoms with Crippen LogP contribution in [-0.2, 0) is 11.2 Å². The maximum Gasteiger partial charge on any atom is 0.409 e. The summed E-state index contributed by atoms with van der Waals surface area (Å²) in [6.07, 6.45) is 6.75. The van der Waals surface area contributed by atoms with Gasteiger partial charge in [-0.25, -0.2) is 4.79 Å². The van der Waals surface area contributed by atoms with Gasteiger partial charge < -0.3 is 19.7 Å². The van der Waals surface area contributed by atoms with Crippen molar-refractivity contribution < 1.29 is 19.1 Å². The maximum absolute atomic E-state index is 13.4. The molecule has 3 aliphatic rings. The topological polar surface area (TPSA) is 67.9 Å². The number of fused-ring (bicyclic) bond motifs is 2. The van der Waals surface area contributed by atoms with Crippen molar-refractivity contribution >= 4 is 34.0 Å². The monoisotopic (exact) mass is 510 g/mol. The van der Waals surface area contributed by atoms with Gasteiger partial charge in [-0.1, -0.05) is 40.2 Å². The molecule has 1 atom stereocenters. The lowest BCUT2D eigenvalue weighted by atomic mass is 9.80. The first-order valence-electron chi connectivity index (χ1n) is 11.5. The predicted molar refractivity (Wildman–Crippen MR) is 129 cm³/mol. The summed E-state index contributed by atoms with van der Waals surface area (Å²) in [7, 11) is 0. The molecule has 33 heavy (non-hydrogen) atoms. The molecule has 5 rings (SSSR count). The molecule has 2 aromatic carbocycles. The Labute approximate surface area is 202 Å². The minimum absolute atomic E-state index is 0.0738. The fourth-order valence-corrected chi connectivity index (χ4v) is 5.49. The number of ether oxygens (including phenoxy) is 2. The number of amides is 2. The van der Waals surface area contributed by atoms with Crippen molar-refractivity contribution in [3.63, 3.8) is 0 Å². The summed E-state index contributed by atoms with van der Waals surface area (Å²) in [4.78, 5) is 27.3. The minimum Gasteiger partial charge on any atom is -0.487 e. The third kappa shape index (κ3) is 4.26. The summed E-state index contributed by atoms with van der Waals surface area (Å²) in [5.41, 5.74) is 3.43. The second kappa shape index (κ2) is 8.86. The van der Waals surface area contributed by atoms with Gasteiger partial charge in [-0.05, 0) is 48.7 Å². The Bertz CT molecular complexity index is 1120. The van der Waals surface area contributed by atoms with Crippen LogP contribution >= 0.6 is 15.9 Å². The summed E-state index contributed by atoms with van der Waals surface area (Å²) >= 11 is 3.56. The highest BCUT2D eigenvalue weighted by molar-refractivity contribution is 9.10. The first-order chi connectivity index (χ1) is 16.0. The molecule has 0 radical (unpaired) electrons. The molecular weight excluding hydrogens is 484 g/mol. The van der Waals surface area contributed by atoms with E-state index in [0.717, 1.165) is 27.8 Å². The number of carbonyl (C=O) groups excluding carboxylic acids is 2. The minimum atomic E-state index is -0.430. The highest BCUT2D eigenvalue weighted by Crippen LogP contribution is 2.45. The van der Waals surface area contributed by atoms with Gasteiger partial charge in [0.2, 0.25) is 0 Å². The van der Waals surface area contributed by atoms with Gasteiger partial charge in [0.25, 0.3) is 5.91 Å². The van der Waals surface area contributed by atoms with Gasteiger partial charge in [0.1, 0.15) is 11.4 Å². The van der Waals surface area contributed by atoms with E-state index in [4.69, 9.17) is 9.47 Å². The summed E-state index contributed by atoms with van der Waals surface area (Å²) in [6, 6.07) is 11.7. The second-order valence-electron chi connectivity index (χ2n) is 8.87. The van der Waals surface area contributed by atoms with E-state index in [0.29, 0.717) is 44.5 Å². The molecule has 172 valence electrons. The molecule has 7 heteroatoms. The molecule has 1 saturated heterocycles. The quantitative estimate of drug-likeness (QED) is 0.611. The third-order valence-corrected chi connectivity index (χ3v) is 7.31. The third-order valence-electron chi connectivity index (χ3n) is 6.82. The van der Waals surface area contributed by atoms with Crippen LogP contribution < -0.4 is 10.1 Å². The van der Waals surface area contributed by atoms with Gasteiger partial charge >= 0.3 is 6.09 Å². The molecule has 1 spiro atoms. The van der Waals surface area contributed by atoms with Crippen molar-refractivity contribution in [2.45, 2.75) is 44.2 Å². The first-order valence-corrected chi connectivity index (χ1v) is 12.3. The van der Waals surface area contributed by atoms with Crippen molar-refractivity contribution in [2.24, 2.45) is 0 Å². The maximum atomic E-state index is 13.4. The van der Waals surface area contributed by atoms with Crippen LogP contribution in [0.3, 0.4) is 0 Å². The lowest BCUT2D eigenvalue weighted by Crippen LogP contribution is -2.53. The molecule has 0 saturated carbocycles. The van der Waals surface area contributed by atoms with E-state index in [1.165, 1.54) is 5.56 Å². The van der Waals surface area contributed by atoms with Crippen LogP contribution in [0.4, 0.5) is 4.79 Å². The smallest absolute Gasteiger partial charge is 0.409 e. The predicted octanol–water partition coefficient (Wildman–Crippen LogP) is 5.26. The Balaban J connectivity index is 1.40. The van der Waals surface area contributed by atoms with E-state index >= 15 is 0 Å². The molecule has 2 aromatic rings. The van der Waals surface area contributed by atoms with Crippen molar-refractivity contribution in [3.8, 4) is 5.75 Å². The number of nitrogens with zero attached hydrogens (tertiary/aromatic N) is 1. The zero-order chi connectivity index (χ0) is 23.0. The number of halogens is 1. The summed E-state index contributed by atoms with van der Waals surface area (Å²) in [5.74, 6) is 0.716. The van der Waals surface area contributed by atoms with Crippen LogP contribution in [0.1, 0.15) is 59.3 Å². The molecule has 2 amide bonds. The normalized spacial score (nSPS) is 20.1. The zero-order valence-electron chi connectivity index (χ0n) is 18.6. The molecule has 1 fully saturated rings. The fraction of sp³-hybridized carbons (Fsp3) is 0.385. The fourth-order valence-electron chi connectivity index (χ4n) is 5.11. The molecule has 1 N–H and O–H groups in total. The number of likely N-dealkylation sites (tertiary alicyclic amines) is 1. The average Bonchev–Trinajstić information content (AvgIpc) is 3.29. The molecule has 0 bridgehead atoms. The van der Waals surface area contributed by atoms with Crippen molar-refractivity contribution in [1.82, 2.24) is 10.2 Å². The molecule has 2 heterocycles. The molecular formula is C26H27BrN2O4. The van der Waals surface area contributed by atoms with E-state index in [2.05, 4.69) is 33.4 Å². The second-order valence-corrected chi connectivity index (χ2v) is 9.78. The van der Waals surface area contributed by atoms with E-state index in [9.17, 15) is 9.59 Å². The Morgan fingerprint density at radius 2 is 2.06 bits per heavy atom. The molecule has 2 aliphatic heterocycles. The lowest BCUT2D eigenvalue weighted by molar-refractivity contribution is -0.0233. The van der Waals surface area contributed by atoms with Gasteiger partial charge in [-0.2, -0.15) is 0 Å². The Morgan fingerprint density at radius 1 is 1.24 bits per heavy atom. The summed E-state index contributed by atoms with van der Waals surface area (Å²) < 4.78 is 12.6. The molecule has 6 nitrogen and oxygen atoms in total. The van der Waals surface area contributed by atoms with E-state index in [1.54, 1.807) is 4.90 Å². The van der Waals surface area contributed by atoms with Crippen molar-refractivity contribution in [2.75, 3.05) is 19.7 Å². The van der Waals surface area contributed by atoms with Crippen LogP contribution in [0.25, 0.3) is 6.08 Å². The number of hydrogen-bond acceptors (Lipinski definition) is 4. The van der Waals surface area contributed by atoms with Crippen molar-refractivity contribution in [1.29, 1.82) is 0 Å². The van der Waals surface area contributed by atoms with E-state index in [1.807, 2.05) is 43.3 Å². The van der Waals surface area contributed by atoms with Gasteiger partial charge in [0.15, 0.2) is 0 Å². The number of nitrogens with one attached hydrogen (secondary N) is 1.